The summed E-state index contributed by atoms with van der Waals surface area (Å²) in [5.41, 5.74) is 8.37. The van der Waals surface area contributed by atoms with Gasteiger partial charge in [0.25, 0.3) is 5.91 Å². The first-order valence-corrected chi connectivity index (χ1v) is 6.44. The van der Waals surface area contributed by atoms with E-state index in [1.807, 2.05) is 6.92 Å². The third-order valence-electron chi connectivity index (χ3n) is 3.15. The predicted octanol–water partition coefficient (Wildman–Crippen LogP) is 2.85. The van der Waals surface area contributed by atoms with Crippen molar-refractivity contribution in [2.75, 3.05) is 25.3 Å². The van der Waals surface area contributed by atoms with Gasteiger partial charge in [-0.05, 0) is 48.9 Å². The van der Waals surface area contributed by atoms with Crippen molar-refractivity contribution in [2.24, 2.45) is 0 Å². The highest BCUT2D eigenvalue weighted by molar-refractivity contribution is 6.06. The maximum Gasteiger partial charge on any atom is 0.259 e. The van der Waals surface area contributed by atoms with Gasteiger partial charge in [-0.2, -0.15) is 0 Å². The molecule has 5 heteroatoms. The van der Waals surface area contributed by atoms with E-state index in [2.05, 4.69) is 5.32 Å². The summed E-state index contributed by atoms with van der Waals surface area (Å²) in [6, 6.07) is 10.4. The van der Waals surface area contributed by atoms with Crippen LogP contribution < -0.4 is 20.5 Å². The molecule has 5 nitrogen and oxygen atoms in total. The van der Waals surface area contributed by atoms with Crippen molar-refractivity contribution in [3.8, 4) is 11.5 Å². The molecule has 0 saturated carbocycles. The Bertz CT molecular complexity index is 669. The molecule has 3 N–H and O–H groups in total. The van der Waals surface area contributed by atoms with Crippen molar-refractivity contribution in [1.29, 1.82) is 0 Å². The minimum Gasteiger partial charge on any atom is -0.497 e. The van der Waals surface area contributed by atoms with Gasteiger partial charge in [-0.1, -0.05) is 0 Å². The highest BCUT2D eigenvalue weighted by atomic mass is 16.5. The topological polar surface area (TPSA) is 73.6 Å². The average Bonchev–Trinajstić information content (AvgIpc) is 2.49. The van der Waals surface area contributed by atoms with Gasteiger partial charge in [0.1, 0.15) is 11.5 Å². The van der Waals surface area contributed by atoms with Gasteiger partial charge in [-0.25, -0.2) is 0 Å². The van der Waals surface area contributed by atoms with Crippen molar-refractivity contribution in [1.82, 2.24) is 0 Å². The number of aryl methyl sites for hydroxylation is 1. The SMILES string of the molecule is COc1ccc(OC)c(C(=O)Nc2ccc(N)cc2C)c1. The third kappa shape index (κ3) is 3.25. The van der Waals surface area contributed by atoms with Crippen LogP contribution in [0.25, 0.3) is 0 Å². The lowest BCUT2D eigenvalue weighted by atomic mass is 10.1. The van der Waals surface area contributed by atoms with Gasteiger partial charge in [0.05, 0.1) is 19.8 Å². The second-order valence-electron chi connectivity index (χ2n) is 4.59. The molecular formula is C16H18N2O3. The minimum atomic E-state index is -0.265. The number of ether oxygens (including phenoxy) is 2. The van der Waals surface area contributed by atoms with E-state index < -0.39 is 0 Å². The first-order chi connectivity index (χ1) is 10.0. The van der Waals surface area contributed by atoms with E-state index in [-0.39, 0.29) is 5.91 Å². The van der Waals surface area contributed by atoms with Crippen molar-refractivity contribution >= 4 is 17.3 Å². The second kappa shape index (κ2) is 6.17. The summed E-state index contributed by atoms with van der Waals surface area (Å²) in [5.74, 6) is 0.815. The number of benzene rings is 2. The van der Waals surface area contributed by atoms with E-state index in [1.54, 1.807) is 43.5 Å². The maximum atomic E-state index is 12.4. The number of amides is 1. The van der Waals surface area contributed by atoms with Crippen molar-refractivity contribution in [3.63, 3.8) is 0 Å². The number of hydrogen-bond acceptors (Lipinski definition) is 4. The summed E-state index contributed by atoms with van der Waals surface area (Å²) >= 11 is 0. The van der Waals surface area contributed by atoms with Crippen molar-refractivity contribution in [2.45, 2.75) is 6.92 Å². The first kappa shape index (κ1) is 14.7. The fourth-order valence-electron chi connectivity index (χ4n) is 2.01. The summed E-state index contributed by atoms with van der Waals surface area (Å²) in [4.78, 5) is 12.4. The zero-order valence-electron chi connectivity index (χ0n) is 12.3. The molecule has 110 valence electrons. The number of nitrogens with one attached hydrogen (secondary N) is 1. The minimum absolute atomic E-state index is 0.265. The Morgan fingerprint density at radius 2 is 1.86 bits per heavy atom. The smallest absolute Gasteiger partial charge is 0.259 e. The molecule has 0 bridgehead atoms. The second-order valence-corrected chi connectivity index (χ2v) is 4.59. The van der Waals surface area contributed by atoms with Crippen LogP contribution in [0.15, 0.2) is 36.4 Å². The van der Waals surface area contributed by atoms with Crippen molar-refractivity contribution in [3.05, 3.63) is 47.5 Å². The molecule has 0 spiro atoms. The highest BCUT2D eigenvalue weighted by Crippen LogP contribution is 2.26. The average molecular weight is 286 g/mol. The Kier molecular flexibility index (Phi) is 4.33. The van der Waals surface area contributed by atoms with Gasteiger partial charge in [-0.15, -0.1) is 0 Å². The quantitative estimate of drug-likeness (QED) is 0.848. The Morgan fingerprint density at radius 1 is 1.10 bits per heavy atom. The molecule has 2 aromatic carbocycles. The number of anilines is 2. The summed E-state index contributed by atoms with van der Waals surface area (Å²) in [6.45, 7) is 1.88. The molecule has 0 fully saturated rings. The molecule has 1 amide bonds. The number of methoxy groups -OCH3 is 2. The summed E-state index contributed by atoms with van der Waals surface area (Å²) < 4.78 is 10.4. The molecule has 2 aromatic rings. The Hall–Kier alpha value is -2.69. The third-order valence-corrected chi connectivity index (χ3v) is 3.15. The van der Waals surface area contributed by atoms with Gasteiger partial charge < -0.3 is 20.5 Å². The zero-order chi connectivity index (χ0) is 15.4. The fourth-order valence-corrected chi connectivity index (χ4v) is 2.01. The van der Waals surface area contributed by atoms with Gasteiger partial charge in [0.15, 0.2) is 0 Å². The maximum absolute atomic E-state index is 12.4. The van der Waals surface area contributed by atoms with Gasteiger partial charge in [-0.3, -0.25) is 4.79 Å². The molecule has 0 aliphatic rings. The molecule has 0 heterocycles. The Labute approximate surface area is 123 Å². The van der Waals surface area contributed by atoms with E-state index in [4.69, 9.17) is 15.2 Å². The van der Waals surface area contributed by atoms with Crippen LogP contribution in [-0.4, -0.2) is 20.1 Å². The van der Waals surface area contributed by atoms with Crippen LogP contribution in [0.3, 0.4) is 0 Å². The predicted molar refractivity (Wildman–Crippen MR) is 83.1 cm³/mol. The lowest BCUT2D eigenvalue weighted by Crippen LogP contribution is -2.14. The normalized spacial score (nSPS) is 10.0. The standard InChI is InChI=1S/C16H18N2O3/c1-10-8-11(17)4-6-14(10)18-16(19)13-9-12(20-2)5-7-15(13)21-3/h4-9H,17H2,1-3H3,(H,18,19). The van der Waals surface area contributed by atoms with Crippen molar-refractivity contribution < 1.29 is 14.3 Å². The van der Waals surface area contributed by atoms with Gasteiger partial charge in [0, 0.05) is 11.4 Å². The Morgan fingerprint density at radius 3 is 2.48 bits per heavy atom. The molecule has 0 aliphatic heterocycles. The number of carbonyl (C=O) groups excluding carboxylic acids is 1. The van der Waals surface area contributed by atoms with Crippen LogP contribution in [0.1, 0.15) is 15.9 Å². The highest BCUT2D eigenvalue weighted by Gasteiger charge is 2.14. The van der Waals surface area contributed by atoms with Crippen LogP contribution in [0.4, 0.5) is 11.4 Å². The molecule has 0 aliphatic carbocycles. The zero-order valence-corrected chi connectivity index (χ0v) is 12.3. The molecule has 0 radical (unpaired) electrons. The molecule has 0 atom stereocenters. The molecular weight excluding hydrogens is 268 g/mol. The number of rotatable bonds is 4. The molecule has 21 heavy (non-hydrogen) atoms. The molecule has 2 rings (SSSR count). The Balaban J connectivity index is 2.31. The first-order valence-electron chi connectivity index (χ1n) is 6.44. The lowest BCUT2D eigenvalue weighted by Gasteiger charge is -2.12. The number of nitrogens with two attached hydrogens (primary N) is 1. The van der Waals surface area contributed by atoms with Crippen LogP contribution in [-0.2, 0) is 0 Å². The number of carbonyl (C=O) groups is 1. The van der Waals surface area contributed by atoms with E-state index in [0.29, 0.717) is 28.4 Å². The van der Waals surface area contributed by atoms with E-state index in [1.165, 1.54) is 7.11 Å². The van der Waals surface area contributed by atoms with Gasteiger partial charge >= 0.3 is 0 Å². The lowest BCUT2D eigenvalue weighted by molar-refractivity contribution is 0.102. The largest absolute Gasteiger partial charge is 0.497 e. The van der Waals surface area contributed by atoms with E-state index >= 15 is 0 Å². The van der Waals surface area contributed by atoms with E-state index in [0.717, 1.165) is 5.56 Å². The van der Waals surface area contributed by atoms with Crippen LogP contribution in [0.2, 0.25) is 0 Å². The summed E-state index contributed by atoms with van der Waals surface area (Å²) in [5, 5.41) is 2.85. The molecule has 0 saturated heterocycles. The summed E-state index contributed by atoms with van der Waals surface area (Å²) in [6.07, 6.45) is 0. The van der Waals surface area contributed by atoms with Gasteiger partial charge in [0.2, 0.25) is 0 Å². The number of hydrogen-bond donors (Lipinski definition) is 2. The summed E-state index contributed by atoms with van der Waals surface area (Å²) in [7, 11) is 3.07. The fraction of sp³-hybridized carbons (Fsp3) is 0.188. The monoisotopic (exact) mass is 286 g/mol. The van der Waals surface area contributed by atoms with E-state index in [9.17, 15) is 4.79 Å². The van der Waals surface area contributed by atoms with Crippen LogP contribution in [0, 0.1) is 6.92 Å². The van der Waals surface area contributed by atoms with Crippen LogP contribution in [0.5, 0.6) is 11.5 Å². The molecule has 0 aromatic heterocycles. The molecule has 0 unspecified atom stereocenters. The van der Waals surface area contributed by atoms with Crippen LogP contribution >= 0.6 is 0 Å². The number of nitrogen functional groups attached to an aromatic ring is 1.